The number of halogens is 2. The third-order valence-electron chi connectivity index (χ3n) is 4.28. The van der Waals surface area contributed by atoms with Gasteiger partial charge in [0.15, 0.2) is 5.76 Å². The SMILES string of the molecule is Cl.Clc1cccc(C2CNCCN2Cc2cc(-c3ccco3)on2)c1. The molecule has 5 nitrogen and oxygen atoms in total. The highest BCUT2D eigenvalue weighted by Gasteiger charge is 2.25. The van der Waals surface area contributed by atoms with Gasteiger partial charge in [0.25, 0.3) is 0 Å². The van der Waals surface area contributed by atoms with Crippen LogP contribution in [0.1, 0.15) is 17.3 Å². The highest BCUT2D eigenvalue weighted by Crippen LogP contribution is 2.27. The van der Waals surface area contributed by atoms with Gasteiger partial charge in [-0.25, -0.2) is 0 Å². The van der Waals surface area contributed by atoms with Crippen LogP contribution in [0.15, 0.2) is 57.7 Å². The lowest BCUT2D eigenvalue weighted by atomic mass is 10.0. The van der Waals surface area contributed by atoms with Crippen molar-refractivity contribution in [1.29, 1.82) is 0 Å². The summed E-state index contributed by atoms with van der Waals surface area (Å²) in [5.74, 6) is 1.35. The second-order valence-electron chi connectivity index (χ2n) is 5.91. The van der Waals surface area contributed by atoms with Gasteiger partial charge in [-0.05, 0) is 29.8 Å². The lowest BCUT2D eigenvalue weighted by Gasteiger charge is -2.36. The summed E-state index contributed by atoms with van der Waals surface area (Å²) in [5.41, 5.74) is 2.11. The maximum atomic E-state index is 6.16. The minimum absolute atomic E-state index is 0. The fourth-order valence-electron chi connectivity index (χ4n) is 3.11. The highest BCUT2D eigenvalue weighted by molar-refractivity contribution is 6.30. The van der Waals surface area contributed by atoms with Crippen molar-refractivity contribution in [2.75, 3.05) is 19.6 Å². The van der Waals surface area contributed by atoms with Crippen LogP contribution in [0.25, 0.3) is 11.5 Å². The molecule has 1 unspecified atom stereocenters. The van der Waals surface area contributed by atoms with Gasteiger partial charge in [-0.3, -0.25) is 4.90 Å². The highest BCUT2D eigenvalue weighted by atomic mass is 35.5. The Bertz CT molecular complexity index is 804. The van der Waals surface area contributed by atoms with E-state index in [1.807, 2.05) is 36.4 Å². The molecule has 0 saturated carbocycles. The zero-order valence-corrected chi connectivity index (χ0v) is 15.1. The number of hydrogen-bond acceptors (Lipinski definition) is 5. The first-order valence-corrected chi connectivity index (χ1v) is 8.37. The van der Waals surface area contributed by atoms with Crippen LogP contribution < -0.4 is 5.32 Å². The Kier molecular flexibility index (Phi) is 5.81. The van der Waals surface area contributed by atoms with Gasteiger partial charge in [0, 0.05) is 43.3 Å². The molecular weight excluding hydrogens is 361 g/mol. The Labute approximate surface area is 157 Å². The summed E-state index contributed by atoms with van der Waals surface area (Å²) in [7, 11) is 0. The van der Waals surface area contributed by atoms with Crippen molar-refractivity contribution in [3.8, 4) is 11.5 Å². The number of rotatable bonds is 4. The number of nitrogens with zero attached hydrogens (tertiary/aromatic N) is 2. The lowest BCUT2D eigenvalue weighted by molar-refractivity contribution is 0.150. The maximum absolute atomic E-state index is 6.16. The molecule has 0 amide bonds. The van der Waals surface area contributed by atoms with E-state index in [1.165, 1.54) is 5.56 Å². The maximum Gasteiger partial charge on any atom is 0.202 e. The topological polar surface area (TPSA) is 54.4 Å². The van der Waals surface area contributed by atoms with E-state index in [9.17, 15) is 0 Å². The monoisotopic (exact) mass is 379 g/mol. The summed E-state index contributed by atoms with van der Waals surface area (Å²) < 4.78 is 10.8. The van der Waals surface area contributed by atoms with E-state index < -0.39 is 0 Å². The first-order chi connectivity index (χ1) is 11.8. The van der Waals surface area contributed by atoms with E-state index in [1.54, 1.807) is 6.26 Å². The van der Waals surface area contributed by atoms with E-state index in [2.05, 4.69) is 21.4 Å². The number of benzene rings is 1. The van der Waals surface area contributed by atoms with E-state index in [4.69, 9.17) is 20.5 Å². The number of furan rings is 1. The van der Waals surface area contributed by atoms with Crippen LogP contribution in [0.4, 0.5) is 0 Å². The third-order valence-corrected chi connectivity index (χ3v) is 4.51. The lowest BCUT2D eigenvalue weighted by Crippen LogP contribution is -2.45. The molecule has 2 aromatic heterocycles. The minimum atomic E-state index is 0. The molecule has 1 aliphatic rings. The van der Waals surface area contributed by atoms with Crippen molar-refractivity contribution >= 4 is 24.0 Å². The van der Waals surface area contributed by atoms with Gasteiger partial charge in [0.1, 0.15) is 0 Å². The van der Waals surface area contributed by atoms with E-state index in [0.717, 1.165) is 36.9 Å². The Morgan fingerprint density at radius 2 is 2.12 bits per heavy atom. The average Bonchev–Trinajstić information content (AvgIpc) is 3.26. The van der Waals surface area contributed by atoms with Crippen molar-refractivity contribution < 1.29 is 8.94 Å². The summed E-state index contributed by atoms with van der Waals surface area (Å²) in [5, 5.41) is 8.40. The van der Waals surface area contributed by atoms with E-state index >= 15 is 0 Å². The molecule has 3 heterocycles. The Hall–Kier alpha value is -1.79. The van der Waals surface area contributed by atoms with Gasteiger partial charge in [-0.2, -0.15) is 0 Å². The molecule has 1 atom stereocenters. The van der Waals surface area contributed by atoms with Gasteiger partial charge in [0.05, 0.1) is 12.0 Å². The quantitative estimate of drug-likeness (QED) is 0.737. The zero-order valence-electron chi connectivity index (χ0n) is 13.5. The standard InChI is InChI=1S/C18H18ClN3O2.ClH/c19-14-4-1-3-13(9-14)16-11-20-6-7-22(16)12-15-10-18(24-21-15)17-5-2-8-23-17;/h1-5,8-10,16,20H,6-7,11-12H2;1H. The fraction of sp³-hybridized carbons (Fsp3) is 0.278. The average molecular weight is 380 g/mol. The van der Waals surface area contributed by atoms with E-state index in [0.29, 0.717) is 11.5 Å². The van der Waals surface area contributed by atoms with Crippen molar-refractivity contribution in [2.45, 2.75) is 12.6 Å². The molecule has 0 spiro atoms. The summed E-state index contributed by atoms with van der Waals surface area (Å²) >= 11 is 6.16. The van der Waals surface area contributed by atoms with Crippen LogP contribution in [0.5, 0.6) is 0 Å². The van der Waals surface area contributed by atoms with Crippen molar-refractivity contribution in [1.82, 2.24) is 15.4 Å². The minimum Gasteiger partial charge on any atom is -0.461 e. The van der Waals surface area contributed by atoms with Gasteiger partial charge in [0.2, 0.25) is 5.76 Å². The van der Waals surface area contributed by atoms with Crippen LogP contribution in [0.3, 0.4) is 0 Å². The fourth-order valence-corrected chi connectivity index (χ4v) is 3.31. The van der Waals surface area contributed by atoms with Gasteiger partial charge in [-0.15, -0.1) is 12.4 Å². The largest absolute Gasteiger partial charge is 0.461 e. The molecule has 3 aromatic rings. The normalized spacial score (nSPS) is 18.0. The molecule has 4 rings (SSSR count). The number of hydrogen-bond donors (Lipinski definition) is 1. The van der Waals surface area contributed by atoms with Crippen molar-refractivity contribution in [2.24, 2.45) is 0 Å². The van der Waals surface area contributed by atoms with Gasteiger partial charge >= 0.3 is 0 Å². The Balaban J connectivity index is 0.00000182. The van der Waals surface area contributed by atoms with Gasteiger partial charge in [-0.1, -0.05) is 28.9 Å². The van der Waals surface area contributed by atoms with Crippen LogP contribution >= 0.6 is 24.0 Å². The third kappa shape index (κ3) is 4.07. The first-order valence-electron chi connectivity index (χ1n) is 7.99. The predicted molar refractivity (Wildman–Crippen MR) is 98.9 cm³/mol. The summed E-state index contributed by atoms with van der Waals surface area (Å²) in [6, 6.07) is 14.0. The number of aromatic nitrogens is 1. The van der Waals surface area contributed by atoms with Crippen LogP contribution in [0, 0.1) is 0 Å². The summed E-state index contributed by atoms with van der Waals surface area (Å²) in [4.78, 5) is 2.39. The molecule has 25 heavy (non-hydrogen) atoms. The molecule has 1 N–H and O–H groups in total. The second-order valence-corrected chi connectivity index (χ2v) is 6.34. The number of nitrogens with one attached hydrogen (secondary N) is 1. The van der Waals surface area contributed by atoms with Crippen molar-refractivity contribution in [3.63, 3.8) is 0 Å². The first kappa shape index (κ1) is 18.0. The summed E-state index contributed by atoms with van der Waals surface area (Å²) in [6.07, 6.45) is 1.63. The molecule has 1 aliphatic heterocycles. The molecular formula is C18H19Cl2N3O2. The smallest absolute Gasteiger partial charge is 0.202 e. The predicted octanol–water partition coefficient (Wildman–Crippen LogP) is 4.16. The van der Waals surface area contributed by atoms with Crippen LogP contribution in [0.2, 0.25) is 5.02 Å². The molecule has 7 heteroatoms. The van der Waals surface area contributed by atoms with Crippen LogP contribution in [-0.2, 0) is 6.54 Å². The summed E-state index contributed by atoms with van der Waals surface area (Å²) in [6.45, 7) is 3.52. The van der Waals surface area contributed by atoms with Gasteiger partial charge < -0.3 is 14.3 Å². The second kappa shape index (κ2) is 8.06. The van der Waals surface area contributed by atoms with Crippen molar-refractivity contribution in [3.05, 3.63) is 65.0 Å². The van der Waals surface area contributed by atoms with E-state index in [-0.39, 0.29) is 18.4 Å². The molecule has 1 saturated heterocycles. The molecule has 0 aliphatic carbocycles. The molecule has 1 aromatic carbocycles. The zero-order chi connectivity index (χ0) is 16.4. The molecule has 132 valence electrons. The molecule has 0 radical (unpaired) electrons. The molecule has 0 bridgehead atoms. The molecule has 1 fully saturated rings. The Morgan fingerprint density at radius 3 is 2.92 bits per heavy atom. The van der Waals surface area contributed by atoms with Crippen LogP contribution in [-0.4, -0.2) is 29.7 Å². The number of piperazine rings is 1. The Morgan fingerprint density at radius 1 is 1.20 bits per heavy atom.